The second-order valence-corrected chi connectivity index (χ2v) is 6.83. The molecule has 0 rings (SSSR count). The summed E-state index contributed by atoms with van der Waals surface area (Å²) in [4.78, 5) is 0. The number of ether oxygens (including phenoxy) is 1. The Morgan fingerprint density at radius 1 is 1.27 bits per heavy atom. The fourth-order valence-corrected chi connectivity index (χ4v) is 1.51. The summed E-state index contributed by atoms with van der Waals surface area (Å²) < 4.78 is 37.3. The van der Waals surface area contributed by atoms with Gasteiger partial charge in [0.05, 0.1) is 32.0 Å². The van der Waals surface area contributed by atoms with Gasteiger partial charge < -0.3 is 13.8 Å². The second-order valence-electron chi connectivity index (χ2n) is 5.31. The molecule has 0 fully saturated rings. The van der Waals surface area contributed by atoms with Crippen LogP contribution in [0.5, 0.6) is 0 Å². The van der Waals surface area contributed by atoms with Crippen LogP contribution in [0, 0.1) is 0 Å². The van der Waals surface area contributed by atoms with Crippen molar-refractivity contribution in [1.29, 1.82) is 0 Å². The first-order chi connectivity index (χ1) is 6.41. The average Bonchev–Trinajstić information content (AvgIpc) is 1.96. The van der Waals surface area contributed by atoms with Gasteiger partial charge in [-0.25, -0.2) is 8.42 Å². The summed E-state index contributed by atoms with van der Waals surface area (Å²) in [5, 5.41) is 0. The number of quaternary nitrogens is 1. The van der Waals surface area contributed by atoms with Gasteiger partial charge in [0.15, 0.2) is 6.73 Å². The van der Waals surface area contributed by atoms with Gasteiger partial charge in [0.2, 0.25) is 0 Å². The van der Waals surface area contributed by atoms with Crippen molar-refractivity contribution in [1.82, 2.24) is 0 Å². The largest absolute Gasteiger partial charge is 0.748 e. The van der Waals surface area contributed by atoms with Crippen molar-refractivity contribution in [2.24, 2.45) is 0 Å². The van der Waals surface area contributed by atoms with Crippen LogP contribution in [0.4, 0.5) is 0 Å². The summed E-state index contributed by atoms with van der Waals surface area (Å²) in [6.45, 7) is 6.44. The highest BCUT2D eigenvalue weighted by Crippen LogP contribution is 2.09. The molecule has 5 nitrogen and oxygen atoms in total. The van der Waals surface area contributed by atoms with Crippen molar-refractivity contribution in [3.63, 3.8) is 0 Å². The van der Waals surface area contributed by atoms with Gasteiger partial charge in [-0.1, -0.05) is 0 Å². The van der Waals surface area contributed by atoms with Gasteiger partial charge in [-0.15, -0.1) is 0 Å². The van der Waals surface area contributed by atoms with E-state index in [0.717, 1.165) is 0 Å². The molecule has 0 heterocycles. The average molecular weight is 239 g/mol. The Morgan fingerprint density at radius 2 is 1.73 bits per heavy atom. The molecule has 0 aromatic heterocycles. The van der Waals surface area contributed by atoms with Crippen LogP contribution in [0.25, 0.3) is 0 Å². The molecule has 0 amide bonds. The van der Waals surface area contributed by atoms with Gasteiger partial charge >= 0.3 is 0 Å². The Balaban J connectivity index is 4.09. The van der Waals surface area contributed by atoms with Crippen LogP contribution in [0.1, 0.15) is 20.8 Å². The normalized spacial score (nSPS) is 14.3. The van der Waals surface area contributed by atoms with Crippen molar-refractivity contribution >= 4 is 10.1 Å². The predicted molar refractivity (Wildman–Crippen MR) is 57.2 cm³/mol. The molecular weight excluding hydrogens is 218 g/mol. The van der Waals surface area contributed by atoms with Crippen molar-refractivity contribution in [2.45, 2.75) is 26.4 Å². The van der Waals surface area contributed by atoms with Crippen LogP contribution in [-0.2, 0) is 14.9 Å². The molecule has 0 atom stereocenters. The molecule has 15 heavy (non-hydrogen) atoms. The molecule has 0 aliphatic heterocycles. The maximum Gasteiger partial charge on any atom is 0.183 e. The number of rotatable bonds is 5. The third-order valence-corrected chi connectivity index (χ3v) is 2.48. The molecular formula is C9H21NO4S. The summed E-state index contributed by atoms with van der Waals surface area (Å²) in [5.74, 6) is -0.354. The lowest BCUT2D eigenvalue weighted by atomic mass is 10.2. The Labute approximate surface area is 92.4 Å². The zero-order valence-corrected chi connectivity index (χ0v) is 10.9. The first-order valence-corrected chi connectivity index (χ1v) is 6.39. The molecule has 0 radical (unpaired) electrons. The van der Waals surface area contributed by atoms with Crippen LogP contribution >= 0.6 is 0 Å². The monoisotopic (exact) mass is 239 g/mol. The summed E-state index contributed by atoms with van der Waals surface area (Å²) in [6.07, 6.45) is 0. The Kier molecular flexibility index (Phi) is 4.72. The molecule has 0 unspecified atom stereocenters. The van der Waals surface area contributed by atoms with Gasteiger partial charge in [0.25, 0.3) is 0 Å². The lowest BCUT2D eigenvalue weighted by molar-refractivity contribution is -0.909. The minimum Gasteiger partial charge on any atom is -0.748 e. The van der Waals surface area contributed by atoms with Crippen LogP contribution < -0.4 is 0 Å². The van der Waals surface area contributed by atoms with Crippen LogP contribution in [0.2, 0.25) is 0 Å². The van der Waals surface area contributed by atoms with Crippen LogP contribution in [0.15, 0.2) is 0 Å². The summed E-state index contributed by atoms with van der Waals surface area (Å²) in [7, 11) is -0.472. The van der Waals surface area contributed by atoms with E-state index in [0.29, 0.717) is 11.2 Å². The van der Waals surface area contributed by atoms with E-state index in [1.54, 1.807) is 0 Å². The van der Waals surface area contributed by atoms with Crippen LogP contribution in [-0.4, -0.2) is 56.2 Å². The smallest absolute Gasteiger partial charge is 0.183 e. The van der Waals surface area contributed by atoms with E-state index >= 15 is 0 Å². The quantitative estimate of drug-likeness (QED) is 0.395. The number of hydrogen-bond donors (Lipinski definition) is 0. The zero-order chi connectivity index (χ0) is 12.3. The molecule has 6 heteroatoms. The fraction of sp³-hybridized carbons (Fsp3) is 1.00. The maximum atomic E-state index is 10.5. The Hall–Kier alpha value is -0.170. The molecule has 0 aliphatic rings. The molecule has 0 saturated carbocycles. The van der Waals surface area contributed by atoms with E-state index < -0.39 is 10.1 Å². The first-order valence-electron chi connectivity index (χ1n) is 4.81. The molecule has 0 bridgehead atoms. The van der Waals surface area contributed by atoms with Gasteiger partial charge in [0, 0.05) is 0 Å². The van der Waals surface area contributed by atoms with Crippen molar-refractivity contribution < 1.29 is 22.2 Å². The molecule has 0 N–H and O–H groups in total. The van der Waals surface area contributed by atoms with E-state index in [2.05, 4.69) is 0 Å². The van der Waals surface area contributed by atoms with Gasteiger partial charge in [0.1, 0.15) is 10.1 Å². The van der Waals surface area contributed by atoms with Crippen LogP contribution in [0.3, 0.4) is 0 Å². The highest BCUT2D eigenvalue weighted by Gasteiger charge is 2.20. The molecule has 0 aromatic carbocycles. The lowest BCUT2D eigenvalue weighted by Gasteiger charge is -2.32. The predicted octanol–water partition coefficient (Wildman–Crippen LogP) is 0.381. The minimum absolute atomic E-state index is 0.258. The van der Waals surface area contributed by atoms with Gasteiger partial charge in [-0.05, 0) is 20.8 Å². The standard InChI is InChI=1S/C9H21NO4S/c1-9(2,3)14-8-10(4,5)6-7-15(11,12)13/h6-8H2,1-5H3. The minimum atomic E-state index is -4.13. The molecule has 0 saturated heterocycles. The summed E-state index contributed by atoms with van der Waals surface area (Å²) in [5.41, 5.74) is -0.258. The highest BCUT2D eigenvalue weighted by molar-refractivity contribution is 7.85. The van der Waals surface area contributed by atoms with E-state index in [9.17, 15) is 13.0 Å². The molecule has 92 valence electrons. The van der Waals surface area contributed by atoms with Gasteiger partial charge in [-0.2, -0.15) is 0 Å². The molecule has 0 aliphatic carbocycles. The fourth-order valence-electron chi connectivity index (χ4n) is 0.792. The van der Waals surface area contributed by atoms with Crippen molar-refractivity contribution in [3.05, 3.63) is 0 Å². The molecule has 0 spiro atoms. The van der Waals surface area contributed by atoms with E-state index in [-0.39, 0.29) is 17.9 Å². The van der Waals surface area contributed by atoms with Crippen molar-refractivity contribution in [3.8, 4) is 0 Å². The first kappa shape index (κ1) is 14.8. The van der Waals surface area contributed by atoms with Gasteiger partial charge in [-0.3, -0.25) is 0 Å². The maximum absolute atomic E-state index is 10.5. The Morgan fingerprint density at radius 3 is 2.07 bits per heavy atom. The second kappa shape index (κ2) is 4.78. The highest BCUT2D eigenvalue weighted by atomic mass is 32.2. The zero-order valence-electron chi connectivity index (χ0n) is 10.1. The Bertz CT molecular complexity index is 290. The summed E-state index contributed by atoms with van der Waals surface area (Å²) in [6, 6.07) is 0. The third-order valence-electron chi connectivity index (χ3n) is 1.79. The van der Waals surface area contributed by atoms with E-state index in [1.807, 2.05) is 34.9 Å². The summed E-state index contributed by atoms with van der Waals surface area (Å²) >= 11 is 0. The number of nitrogens with zero attached hydrogens (tertiary/aromatic N) is 1. The third kappa shape index (κ3) is 10.1. The van der Waals surface area contributed by atoms with E-state index in [1.165, 1.54) is 0 Å². The van der Waals surface area contributed by atoms with E-state index in [4.69, 9.17) is 4.74 Å². The molecule has 0 aromatic rings. The number of hydrogen-bond acceptors (Lipinski definition) is 4. The SMILES string of the molecule is CC(C)(C)OC[N+](C)(C)CCS(=O)(=O)[O-]. The topological polar surface area (TPSA) is 66.4 Å². The lowest BCUT2D eigenvalue weighted by Crippen LogP contribution is -2.46. The van der Waals surface area contributed by atoms with Crippen molar-refractivity contribution in [2.75, 3.05) is 33.1 Å².